The quantitative estimate of drug-likeness (QED) is 0.828. The molecular formula is C17H23NO2. The third-order valence-electron chi connectivity index (χ3n) is 4.00. The molecule has 3 heteroatoms. The molecule has 1 aliphatic rings. The zero-order valence-electron chi connectivity index (χ0n) is 12.3. The Balaban J connectivity index is 1.82. The molecule has 3 nitrogen and oxygen atoms in total. The Hall–Kier alpha value is -1.32. The minimum Gasteiger partial charge on any atom is -0.459 e. The molecule has 0 saturated heterocycles. The summed E-state index contributed by atoms with van der Waals surface area (Å²) in [6.07, 6.45) is 3.90. The molecule has 1 aromatic heterocycles. The maximum atomic E-state index is 6.00. The molecule has 2 aromatic rings. The van der Waals surface area contributed by atoms with Crippen molar-refractivity contribution < 1.29 is 9.15 Å². The van der Waals surface area contributed by atoms with Gasteiger partial charge in [-0.1, -0.05) is 25.1 Å². The van der Waals surface area contributed by atoms with Crippen LogP contribution in [0, 0.1) is 0 Å². The van der Waals surface area contributed by atoms with Crippen molar-refractivity contribution in [3.05, 3.63) is 35.6 Å². The van der Waals surface area contributed by atoms with Crippen LogP contribution < -0.4 is 5.32 Å². The zero-order valence-corrected chi connectivity index (χ0v) is 12.3. The summed E-state index contributed by atoms with van der Waals surface area (Å²) in [5.41, 5.74) is 2.16. The Bertz CT molecular complexity index is 571. The van der Waals surface area contributed by atoms with E-state index in [1.54, 1.807) is 0 Å². The highest BCUT2D eigenvalue weighted by Gasteiger charge is 2.22. The molecule has 108 valence electrons. The van der Waals surface area contributed by atoms with E-state index in [1.165, 1.54) is 23.8 Å². The minimum atomic E-state index is 0.285. The first-order valence-electron chi connectivity index (χ1n) is 7.62. The molecule has 3 rings (SSSR count). The normalized spacial score (nSPS) is 16.7. The number of hydrogen-bond donors (Lipinski definition) is 1. The van der Waals surface area contributed by atoms with Crippen LogP contribution in [0.1, 0.15) is 44.4 Å². The minimum absolute atomic E-state index is 0.285. The van der Waals surface area contributed by atoms with E-state index >= 15 is 0 Å². The fraction of sp³-hybridized carbons (Fsp3) is 0.529. The molecule has 1 fully saturated rings. The first-order chi connectivity index (χ1) is 9.78. The second-order valence-electron chi connectivity index (χ2n) is 5.68. The molecule has 1 aliphatic carbocycles. The summed E-state index contributed by atoms with van der Waals surface area (Å²) in [5.74, 6) is 1.03. The number of ether oxygens (including phenoxy) is 1. The lowest BCUT2D eigenvalue weighted by Gasteiger charge is -2.11. The van der Waals surface area contributed by atoms with Gasteiger partial charge in [0.05, 0.1) is 19.3 Å². The highest BCUT2D eigenvalue weighted by molar-refractivity contribution is 5.82. The molecular weight excluding hydrogens is 250 g/mol. The third kappa shape index (κ3) is 3.05. The molecule has 0 radical (unpaired) electrons. The molecule has 1 saturated carbocycles. The molecule has 0 spiro atoms. The van der Waals surface area contributed by atoms with Crippen LogP contribution in [-0.2, 0) is 17.9 Å². The monoisotopic (exact) mass is 273 g/mol. The topological polar surface area (TPSA) is 34.4 Å². The average molecular weight is 273 g/mol. The lowest BCUT2D eigenvalue weighted by molar-refractivity contribution is 0.0505. The van der Waals surface area contributed by atoms with E-state index in [-0.39, 0.29) is 6.10 Å². The Morgan fingerprint density at radius 2 is 2.15 bits per heavy atom. The molecule has 1 N–H and O–H groups in total. The van der Waals surface area contributed by atoms with Gasteiger partial charge >= 0.3 is 0 Å². The summed E-state index contributed by atoms with van der Waals surface area (Å²) >= 11 is 0. The smallest absolute Gasteiger partial charge is 0.134 e. The molecule has 1 heterocycles. The Labute approximate surface area is 120 Å². The van der Waals surface area contributed by atoms with Gasteiger partial charge in [-0.2, -0.15) is 0 Å². The van der Waals surface area contributed by atoms with Crippen LogP contribution in [0.3, 0.4) is 0 Å². The molecule has 20 heavy (non-hydrogen) atoms. The highest BCUT2D eigenvalue weighted by Crippen LogP contribution is 2.28. The average Bonchev–Trinajstić information content (AvgIpc) is 3.24. The van der Waals surface area contributed by atoms with Crippen molar-refractivity contribution in [3.63, 3.8) is 0 Å². The van der Waals surface area contributed by atoms with Crippen LogP contribution in [0.25, 0.3) is 11.0 Å². The second-order valence-corrected chi connectivity index (χ2v) is 5.68. The maximum absolute atomic E-state index is 6.00. The SMILES string of the molecule is CCC(C)OCc1c(CNC2CC2)oc2ccccc12. The van der Waals surface area contributed by atoms with Gasteiger partial charge in [0.1, 0.15) is 11.3 Å². The summed E-state index contributed by atoms with van der Waals surface area (Å²) in [6, 6.07) is 8.91. The predicted molar refractivity (Wildman–Crippen MR) is 80.6 cm³/mol. The van der Waals surface area contributed by atoms with E-state index in [4.69, 9.17) is 9.15 Å². The van der Waals surface area contributed by atoms with Gasteiger partial charge in [-0.15, -0.1) is 0 Å². The fourth-order valence-electron chi connectivity index (χ4n) is 2.32. The van der Waals surface area contributed by atoms with Gasteiger partial charge in [-0.3, -0.25) is 0 Å². The van der Waals surface area contributed by atoms with Gasteiger partial charge in [0.15, 0.2) is 0 Å². The van der Waals surface area contributed by atoms with Gasteiger partial charge < -0.3 is 14.5 Å². The second kappa shape index (κ2) is 5.98. The van der Waals surface area contributed by atoms with Gasteiger partial charge in [-0.25, -0.2) is 0 Å². The van der Waals surface area contributed by atoms with Crippen LogP contribution in [0.4, 0.5) is 0 Å². The molecule has 1 atom stereocenters. The van der Waals surface area contributed by atoms with E-state index in [0.717, 1.165) is 24.3 Å². The van der Waals surface area contributed by atoms with Crippen LogP contribution in [0.15, 0.2) is 28.7 Å². The Kier molecular flexibility index (Phi) is 4.08. The van der Waals surface area contributed by atoms with E-state index in [9.17, 15) is 0 Å². The first kappa shape index (κ1) is 13.7. The van der Waals surface area contributed by atoms with E-state index in [2.05, 4.69) is 31.3 Å². The number of rotatable bonds is 7. The zero-order chi connectivity index (χ0) is 13.9. The lowest BCUT2D eigenvalue weighted by atomic mass is 10.1. The molecule has 1 unspecified atom stereocenters. The maximum Gasteiger partial charge on any atom is 0.134 e. The van der Waals surface area contributed by atoms with E-state index in [0.29, 0.717) is 12.6 Å². The van der Waals surface area contributed by atoms with Crippen molar-refractivity contribution in [1.82, 2.24) is 5.32 Å². The van der Waals surface area contributed by atoms with Crippen molar-refractivity contribution in [2.75, 3.05) is 0 Å². The number of nitrogens with one attached hydrogen (secondary N) is 1. The van der Waals surface area contributed by atoms with Gasteiger partial charge in [0.25, 0.3) is 0 Å². The first-order valence-corrected chi connectivity index (χ1v) is 7.62. The molecule has 0 amide bonds. The standard InChI is InChI=1S/C17H23NO2/c1-3-12(2)19-11-15-14-6-4-5-7-16(14)20-17(15)10-18-13-8-9-13/h4-7,12-13,18H,3,8-11H2,1-2H3. The van der Waals surface area contributed by atoms with Crippen molar-refractivity contribution >= 4 is 11.0 Å². The van der Waals surface area contributed by atoms with Gasteiger partial charge in [0, 0.05) is 17.0 Å². The molecule has 0 bridgehead atoms. The van der Waals surface area contributed by atoms with Crippen molar-refractivity contribution in [3.8, 4) is 0 Å². The Morgan fingerprint density at radius 3 is 2.90 bits per heavy atom. The van der Waals surface area contributed by atoms with Crippen LogP contribution in [-0.4, -0.2) is 12.1 Å². The highest BCUT2D eigenvalue weighted by atomic mass is 16.5. The number of furan rings is 1. The molecule has 1 aromatic carbocycles. The largest absolute Gasteiger partial charge is 0.459 e. The molecule has 0 aliphatic heterocycles. The summed E-state index contributed by atoms with van der Waals surface area (Å²) in [6.45, 7) is 5.70. The third-order valence-corrected chi connectivity index (χ3v) is 4.00. The number of benzene rings is 1. The summed E-state index contributed by atoms with van der Waals surface area (Å²) in [7, 11) is 0. The lowest BCUT2D eigenvalue weighted by Crippen LogP contribution is -2.16. The van der Waals surface area contributed by atoms with Gasteiger partial charge in [0.2, 0.25) is 0 Å². The van der Waals surface area contributed by atoms with E-state index < -0.39 is 0 Å². The summed E-state index contributed by atoms with van der Waals surface area (Å²) in [5, 5.41) is 4.71. The number of fused-ring (bicyclic) bond motifs is 1. The van der Waals surface area contributed by atoms with Crippen molar-refractivity contribution in [2.24, 2.45) is 0 Å². The summed E-state index contributed by atoms with van der Waals surface area (Å²) in [4.78, 5) is 0. The van der Waals surface area contributed by atoms with Crippen LogP contribution in [0.2, 0.25) is 0 Å². The van der Waals surface area contributed by atoms with Crippen LogP contribution in [0.5, 0.6) is 0 Å². The van der Waals surface area contributed by atoms with Crippen LogP contribution >= 0.6 is 0 Å². The van der Waals surface area contributed by atoms with Gasteiger partial charge in [-0.05, 0) is 32.3 Å². The van der Waals surface area contributed by atoms with E-state index in [1.807, 2.05) is 12.1 Å². The number of hydrogen-bond acceptors (Lipinski definition) is 3. The number of para-hydroxylation sites is 1. The summed E-state index contributed by atoms with van der Waals surface area (Å²) < 4.78 is 11.9. The van der Waals surface area contributed by atoms with Crippen molar-refractivity contribution in [1.29, 1.82) is 0 Å². The predicted octanol–water partition coefficient (Wildman–Crippen LogP) is 4.00. The van der Waals surface area contributed by atoms with Crippen molar-refractivity contribution in [2.45, 2.75) is 58.4 Å². The fourth-order valence-corrected chi connectivity index (χ4v) is 2.32. The Morgan fingerprint density at radius 1 is 1.35 bits per heavy atom.